The van der Waals surface area contributed by atoms with Crippen LogP contribution < -0.4 is 0 Å². The summed E-state index contributed by atoms with van der Waals surface area (Å²) < 4.78 is 2.05. The van der Waals surface area contributed by atoms with Gasteiger partial charge < -0.3 is 9.67 Å². The predicted molar refractivity (Wildman–Crippen MR) is 99.1 cm³/mol. The molecule has 0 amide bonds. The Hall–Kier alpha value is -2.55. The molecule has 0 bridgehead atoms. The average Bonchev–Trinajstić information content (AvgIpc) is 3.02. The number of hydrogen-bond acceptors (Lipinski definition) is 4. The Morgan fingerprint density at radius 2 is 1.96 bits per heavy atom. The minimum Gasteiger partial charge on any atom is -0.390 e. The van der Waals surface area contributed by atoms with Gasteiger partial charge in [-0.15, -0.1) is 0 Å². The molecule has 5 heteroatoms. The smallest absolute Gasteiger partial charge is 0.168 e. The molecular weight excluding hydrogens is 330 g/mol. The standard InChI is InChI=1S/C20H19N3OS/c1-15-4-2-6-17(8-15)12-23-19(13-24)11-22-20(23)25-14-18-7-3-5-16(9-18)10-21/h2-9,11,24H,12-14H2,1H3. The van der Waals surface area contributed by atoms with E-state index in [9.17, 15) is 5.11 Å². The van der Waals surface area contributed by atoms with Gasteiger partial charge in [0.25, 0.3) is 0 Å². The number of imidazole rings is 1. The van der Waals surface area contributed by atoms with E-state index in [1.165, 1.54) is 11.1 Å². The first-order valence-electron chi connectivity index (χ1n) is 8.02. The van der Waals surface area contributed by atoms with Crippen molar-refractivity contribution >= 4 is 11.8 Å². The highest BCUT2D eigenvalue weighted by atomic mass is 32.2. The molecule has 0 saturated heterocycles. The van der Waals surface area contributed by atoms with E-state index < -0.39 is 0 Å². The number of aliphatic hydroxyl groups excluding tert-OH is 1. The molecule has 0 saturated carbocycles. The number of rotatable bonds is 6. The van der Waals surface area contributed by atoms with Crippen molar-refractivity contribution in [2.24, 2.45) is 0 Å². The molecule has 1 N–H and O–H groups in total. The van der Waals surface area contributed by atoms with Gasteiger partial charge in [0.1, 0.15) is 0 Å². The van der Waals surface area contributed by atoms with Crippen molar-refractivity contribution in [3.63, 3.8) is 0 Å². The van der Waals surface area contributed by atoms with Crippen LogP contribution in [0.4, 0.5) is 0 Å². The Balaban J connectivity index is 1.79. The van der Waals surface area contributed by atoms with Crippen molar-refractivity contribution in [3.05, 3.63) is 82.7 Å². The van der Waals surface area contributed by atoms with E-state index in [0.29, 0.717) is 12.1 Å². The van der Waals surface area contributed by atoms with E-state index in [-0.39, 0.29) is 6.61 Å². The highest BCUT2D eigenvalue weighted by Gasteiger charge is 2.11. The number of aromatic nitrogens is 2. The zero-order valence-electron chi connectivity index (χ0n) is 14.0. The van der Waals surface area contributed by atoms with Crippen LogP contribution in [0.2, 0.25) is 0 Å². The third-order valence-electron chi connectivity index (χ3n) is 3.91. The SMILES string of the molecule is Cc1cccc(Cn2c(CO)cnc2SCc2cccc(C#N)c2)c1. The molecular formula is C20H19N3OS. The summed E-state index contributed by atoms with van der Waals surface area (Å²) in [5.74, 6) is 0.727. The first-order valence-corrected chi connectivity index (χ1v) is 9.01. The zero-order chi connectivity index (χ0) is 17.6. The normalized spacial score (nSPS) is 10.6. The van der Waals surface area contributed by atoms with Crippen LogP contribution in [0.1, 0.15) is 27.9 Å². The molecule has 126 valence electrons. The summed E-state index contributed by atoms with van der Waals surface area (Å²) in [6, 6.07) is 18.1. The summed E-state index contributed by atoms with van der Waals surface area (Å²) >= 11 is 1.61. The molecule has 4 nitrogen and oxygen atoms in total. The lowest BCUT2D eigenvalue weighted by molar-refractivity contribution is 0.270. The van der Waals surface area contributed by atoms with Gasteiger partial charge in [-0.2, -0.15) is 5.26 Å². The number of nitriles is 1. The van der Waals surface area contributed by atoms with Crippen molar-refractivity contribution in [1.29, 1.82) is 5.26 Å². The molecule has 3 aromatic rings. The lowest BCUT2D eigenvalue weighted by Crippen LogP contribution is -2.06. The molecule has 3 rings (SSSR count). The second kappa shape index (κ2) is 8.02. The maximum atomic E-state index is 9.61. The second-order valence-corrected chi connectivity index (χ2v) is 6.81. The largest absolute Gasteiger partial charge is 0.390 e. The fourth-order valence-electron chi connectivity index (χ4n) is 2.67. The van der Waals surface area contributed by atoms with Crippen molar-refractivity contribution < 1.29 is 5.11 Å². The first-order chi connectivity index (χ1) is 12.2. The second-order valence-electron chi connectivity index (χ2n) is 5.87. The van der Waals surface area contributed by atoms with E-state index in [1.54, 1.807) is 24.0 Å². The maximum Gasteiger partial charge on any atom is 0.168 e. The van der Waals surface area contributed by atoms with Gasteiger partial charge in [-0.1, -0.05) is 53.7 Å². The number of aliphatic hydroxyl groups is 1. The molecule has 0 atom stereocenters. The number of nitrogens with zero attached hydrogens (tertiary/aromatic N) is 3. The highest BCUT2D eigenvalue weighted by molar-refractivity contribution is 7.98. The lowest BCUT2D eigenvalue weighted by Gasteiger charge is -2.11. The molecule has 0 radical (unpaired) electrons. The predicted octanol–water partition coefficient (Wildman–Crippen LogP) is 3.90. The molecule has 0 fully saturated rings. The number of hydrogen-bond donors (Lipinski definition) is 1. The van der Waals surface area contributed by atoms with E-state index in [4.69, 9.17) is 5.26 Å². The van der Waals surface area contributed by atoms with Crippen LogP contribution in [0.25, 0.3) is 0 Å². The lowest BCUT2D eigenvalue weighted by atomic mass is 10.1. The molecule has 0 aliphatic carbocycles. The Kier molecular flexibility index (Phi) is 5.54. The minimum absolute atomic E-state index is 0.0384. The number of benzene rings is 2. The molecule has 1 aromatic heterocycles. The van der Waals surface area contributed by atoms with Crippen molar-refractivity contribution in [1.82, 2.24) is 9.55 Å². The minimum atomic E-state index is -0.0384. The summed E-state index contributed by atoms with van der Waals surface area (Å²) in [6.07, 6.45) is 1.73. The summed E-state index contributed by atoms with van der Waals surface area (Å²) in [7, 11) is 0. The summed E-state index contributed by atoms with van der Waals surface area (Å²) in [4.78, 5) is 4.46. The zero-order valence-corrected chi connectivity index (χ0v) is 14.8. The van der Waals surface area contributed by atoms with Crippen LogP contribution in [0.15, 0.2) is 59.9 Å². The Bertz CT molecular complexity index is 911. The Morgan fingerprint density at radius 1 is 1.16 bits per heavy atom. The summed E-state index contributed by atoms with van der Waals surface area (Å²) in [6.45, 7) is 2.71. The monoisotopic (exact) mass is 349 g/mol. The first kappa shape index (κ1) is 17.3. The molecule has 25 heavy (non-hydrogen) atoms. The van der Waals surface area contributed by atoms with Crippen LogP contribution in [0.5, 0.6) is 0 Å². The number of thioether (sulfide) groups is 1. The van der Waals surface area contributed by atoms with Crippen LogP contribution in [0, 0.1) is 18.3 Å². The highest BCUT2D eigenvalue weighted by Crippen LogP contribution is 2.24. The van der Waals surface area contributed by atoms with Crippen LogP contribution >= 0.6 is 11.8 Å². The van der Waals surface area contributed by atoms with Gasteiger partial charge in [0, 0.05) is 12.3 Å². The fraction of sp³-hybridized carbons (Fsp3) is 0.200. The maximum absolute atomic E-state index is 9.61. The molecule has 2 aromatic carbocycles. The van der Waals surface area contributed by atoms with Crippen LogP contribution in [0.3, 0.4) is 0 Å². The quantitative estimate of drug-likeness (QED) is 0.686. The van der Waals surface area contributed by atoms with Crippen molar-refractivity contribution in [2.75, 3.05) is 0 Å². The van der Waals surface area contributed by atoms with Crippen LogP contribution in [-0.4, -0.2) is 14.7 Å². The molecule has 1 heterocycles. The third kappa shape index (κ3) is 4.30. The van der Waals surface area contributed by atoms with E-state index in [1.807, 2.05) is 28.8 Å². The topological polar surface area (TPSA) is 61.8 Å². The average molecular weight is 349 g/mol. The molecule has 0 aliphatic heterocycles. The Labute approximate surface area is 151 Å². The van der Waals surface area contributed by atoms with E-state index >= 15 is 0 Å². The van der Waals surface area contributed by atoms with Gasteiger partial charge >= 0.3 is 0 Å². The molecule has 0 aliphatic rings. The van der Waals surface area contributed by atoms with Gasteiger partial charge in [0.15, 0.2) is 5.16 Å². The summed E-state index contributed by atoms with van der Waals surface area (Å²) in [5, 5.41) is 19.5. The van der Waals surface area contributed by atoms with Gasteiger partial charge in [-0.05, 0) is 30.2 Å². The fourth-order valence-corrected chi connectivity index (χ4v) is 3.61. The van der Waals surface area contributed by atoms with Crippen LogP contribution in [-0.2, 0) is 18.9 Å². The van der Waals surface area contributed by atoms with Crippen molar-refractivity contribution in [3.8, 4) is 6.07 Å². The van der Waals surface area contributed by atoms with Gasteiger partial charge in [0.2, 0.25) is 0 Å². The van der Waals surface area contributed by atoms with E-state index in [0.717, 1.165) is 22.2 Å². The summed E-state index contributed by atoms with van der Waals surface area (Å²) in [5.41, 5.74) is 4.94. The van der Waals surface area contributed by atoms with Gasteiger partial charge in [0.05, 0.1) is 30.1 Å². The third-order valence-corrected chi connectivity index (χ3v) is 4.97. The Morgan fingerprint density at radius 3 is 2.72 bits per heavy atom. The van der Waals surface area contributed by atoms with Gasteiger partial charge in [-0.3, -0.25) is 0 Å². The molecule has 0 unspecified atom stereocenters. The van der Waals surface area contributed by atoms with E-state index in [2.05, 4.69) is 36.2 Å². The van der Waals surface area contributed by atoms with Gasteiger partial charge in [-0.25, -0.2) is 4.98 Å². The molecule has 0 spiro atoms. The van der Waals surface area contributed by atoms with Crippen molar-refractivity contribution in [2.45, 2.75) is 31.0 Å². The number of aryl methyl sites for hydroxylation is 1.